The number of carbonyl (C=O) groups is 2. The van der Waals surface area contributed by atoms with Crippen molar-refractivity contribution in [1.82, 2.24) is 30.4 Å². The van der Waals surface area contributed by atoms with Crippen molar-refractivity contribution in [2.75, 3.05) is 20.8 Å². The Morgan fingerprint density at radius 1 is 1.03 bits per heavy atom. The van der Waals surface area contributed by atoms with E-state index in [-0.39, 0.29) is 37.0 Å². The second kappa shape index (κ2) is 11.3. The highest BCUT2D eigenvalue weighted by molar-refractivity contribution is 5.85. The van der Waals surface area contributed by atoms with Crippen LogP contribution in [0.4, 0.5) is 0 Å². The monoisotopic (exact) mass is 470 g/mol. The van der Waals surface area contributed by atoms with E-state index in [1.54, 1.807) is 31.3 Å². The number of carbonyl (C=O) groups excluding carboxylic acids is 2. The lowest BCUT2D eigenvalue weighted by molar-refractivity contribution is -0.140. The average Bonchev–Trinajstić information content (AvgIpc) is 3.55. The molecule has 4 rings (SSSR count). The Labute approximate surface area is 200 Å². The first-order valence-electron chi connectivity index (χ1n) is 12.2. The van der Waals surface area contributed by atoms with Crippen LogP contribution >= 0.6 is 0 Å². The molecule has 1 aromatic carbocycles. The zero-order valence-electron chi connectivity index (χ0n) is 20.0. The van der Waals surface area contributed by atoms with Crippen LogP contribution in [0.1, 0.15) is 57.8 Å². The fourth-order valence-electron chi connectivity index (χ4n) is 4.92. The SMILES string of the molecule is COc1ccc(-c2nnn(CC(=O)N(CC(=O)NC3CCCC3)C3CCCCC3)n2)cc1OC. The summed E-state index contributed by atoms with van der Waals surface area (Å²) in [5, 5.41) is 15.7. The van der Waals surface area contributed by atoms with Gasteiger partial charge in [-0.3, -0.25) is 9.59 Å². The van der Waals surface area contributed by atoms with Gasteiger partial charge in [0, 0.05) is 17.6 Å². The Balaban J connectivity index is 1.44. The maximum absolute atomic E-state index is 13.3. The van der Waals surface area contributed by atoms with Gasteiger partial charge in [0.2, 0.25) is 17.6 Å². The number of hydrogen-bond donors (Lipinski definition) is 1. The highest BCUT2D eigenvalue weighted by Gasteiger charge is 2.29. The van der Waals surface area contributed by atoms with E-state index >= 15 is 0 Å². The van der Waals surface area contributed by atoms with Gasteiger partial charge in [-0.1, -0.05) is 32.1 Å². The third kappa shape index (κ3) is 5.84. The molecule has 2 amide bonds. The molecule has 0 saturated heterocycles. The van der Waals surface area contributed by atoms with E-state index in [9.17, 15) is 9.59 Å². The number of tetrazole rings is 1. The van der Waals surface area contributed by atoms with Crippen LogP contribution in [0.3, 0.4) is 0 Å². The highest BCUT2D eigenvalue weighted by atomic mass is 16.5. The van der Waals surface area contributed by atoms with Crippen LogP contribution in [0, 0.1) is 0 Å². The van der Waals surface area contributed by atoms with Crippen molar-refractivity contribution in [2.45, 2.75) is 76.4 Å². The minimum Gasteiger partial charge on any atom is -0.493 e. The van der Waals surface area contributed by atoms with Crippen LogP contribution in [-0.4, -0.2) is 69.8 Å². The van der Waals surface area contributed by atoms with Crippen molar-refractivity contribution in [3.05, 3.63) is 18.2 Å². The summed E-state index contributed by atoms with van der Waals surface area (Å²) in [7, 11) is 3.14. The fraction of sp³-hybridized carbons (Fsp3) is 0.625. The van der Waals surface area contributed by atoms with Crippen molar-refractivity contribution in [1.29, 1.82) is 0 Å². The van der Waals surface area contributed by atoms with Crippen LogP contribution in [0.2, 0.25) is 0 Å². The summed E-state index contributed by atoms with van der Waals surface area (Å²) < 4.78 is 10.6. The van der Waals surface area contributed by atoms with Gasteiger partial charge in [-0.25, -0.2) is 0 Å². The summed E-state index contributed by atoms with van der Waals surface area (Å²) in [4.78, 5) is 29.0. The van der Waals surface area contributed by atoms with Crippen molar-refractivity contribution in [2.24, 2.45) is 0 Å². The van der Waals surface area contributed by atoms with Gasteiger partial charge in [-0.05, 0) is 49.1 Å². The molecule has 2 aromatic rings. The first-order valence-corrected chi connectivity index (χ1v) is 12.2. The molecule has 2 aliphatic carbocycles. The molecule has 34 heavy (non-hydrogen) atoms. The molecule has 1 N–H and O–H groups in total. The molecule has 184 valence electrons. The molecule has 0 radical (unpaired) electrons. The van der Waals surface area contributed by atoms with E-state index in [2.05, 4.69) is 20.7 Å². The number of ether oxygens (including phenoxy) is 2. The largest absolute Gasteiger partial charge is 0.493 e. The van der Waals surface area contributed by atoms with Crippen molar-refractivity contribution >= 4 is 11.8 Å². The molecule has 0 spiro atoms. The van der Waals surface area contributed by atoms with Crippen LogP contribution in [-0.2, 0) is 16.1 Å². The molecule has 0 atom stereocenters. The van der Waals surface area contributed by atoms with Crippen LogP contribution < -0.4 is 14.8 Å². The molecule has 0 bridgehead atoms. The molecule has 10 nitrogen and oxygen atoms in total. The maximum atomic E-state index is 13.3. The summed E-state index contributed by atoms with van der Waals surface area (Å²) in [6, 6.07) is 5.66. The van der Waals surface area contributed by atoms with Crippen LogP contribution in [0.5, 0.6) is 11.5 Å². The van der Waals surface area contributed by atoms with Gasteiger partial charge in [0.05, 0.1) is 20.8 Å². The maximum Gasteiger partial charge on any atom is 0.246 e. The van der Waals surface area contributed by atoms with Crippen molar-refractivity contribution < 1.29 is 19.1 Å². The van der Waals surface area contributed by atoms with Crippen molar-refractivity contribution in [3.63, 3.8) is 0 Å². The zero-order valence-corrected chi connectivity index (χ0v) is 20.0. The topological polar surface area (TPSA) is 111 Å². The minimum atomic E-state index is -0.162. The number of aromatic nitrogens is 4. The first kappa shape index (κ1) is 24.0. The average molecular weight is 471 g/mol. The van der Waals surface area contributed by atoms with E-state index < -0.39 is 0 Å². The number of benzene rings is 1. The van der Waals surface area contributed by atoms with Gasteiger partial charge in [-0.15, -0.1) is 10.2 Å². The number of nitrogens with zero attached hydrogens (tertiary/aromatic N) is 5. The van der Waals surface area contributed by atoms with E-state index in [1.807, 2.05) is 6.07 Å². The first-order chi connectivity index (χ1) is 16.6. The smallest absolute Gasteiger partial charge is 0.246 e. The van der Waals surface area contributed by atoms with Gasteiger partial charge < -0.3 is 19.7 Å². The molecule has 10 heteroatoms. The number of amides is 2. The molecule has 1 heterocycles. The molecular formula is C24H34N6O4. The summed E-state index contributed by atoms with van der Waals surface area (Å²) in [5.74, 6) is 1.31. The molecule has 0 aliphatic heterocycles. The summed E-state index contributed by atoms with van der Waals surface area (Å²) in [5.41, 5.74) is 0.705. The summed E-state index contributed by atoms with van der Waals surface area (Å²) >= 11 is 0. The van der Waals surface area contributed by atoms with Crippen LogP contribution in [0.25, 0.3) is 11.4 Å². The molecule has 1 aromatic heterocycles. The molecule has 2 aliphatic rings. The van der Waals surface area contributed by atoms with E-state index in [1.165, 1.54) is 11.2 Å². The Bertz CT molecular complexity index is 982. The second-order valence-electron chi connectivity index (χ2n) is 9.08. The van der Waals surface area contributed by atoms with Gasteiger partial charge in [0.1, 0.15) is 6.54 Å². The number of nitrogens with one attached hydrogen (secondary N) is 1. The Morgan fingerprint density at radius 3 is 2.44 bits per heavy atom. The fourth-order valence-corrected chi connectivity index (χ4v) is 4.92. The third-order valence-electron chi connectivity index (χ3n) is 6.74. The number of methoxy groups -OCH3 is 2. The summed E-state index contributed by atoms with van der Waals surface area (Å²) in [6.45, 7) is 0.0186. The quantitative estimate of drug-likeness (QED) is 0.599. The van der Waals surface area contributed by atoms with Gasteiger partial charge in [0.15, 0.2) is 11.5 Å². The molecular weight excluding hydrogens is 436 g/mol. The lowest BCUT2D eigenvalue weighted by Gasteiger charge is -2.34. The predicted molar refractivity (Wildman–Crippen MR) is 125 cm³/mol. The van der Waals surface area contributed by atoms with Gasteiger partial charge >= 0.3 is 0 Å². The van der Waals surface area contributed by atoms with Crippen LogP contribution in [0.15, 0.2) is 18.2 Å². The normalized spacial score (nSPS) is 16.9. The van der Waals surface area contributed by atoms with E-state index in [0.717, 1.165) is 51.4 Å². The van der Waals surface area contributed by atoms with E-state index in [0.29, 0.717) is 22.9 Å². The second-order valence-corrected chi connectivity index (χ2v) is 9.08. The number of rotatable bonds is 9. The van der Waals surface area contributed by atoms with Gasteiger partial charge in [-0.2, -0.15) is 4.80 Å². The standard InChI is InChI=1S/C24H34N6O4/c1-33-20-13-12-17(14-21(20)34-2)24-26-28-30(27-24)16-23(32)29(19-10-4-3-5-11-19)15-22(31)25-18-8-6-7-9-18/h12-14,18-19H,3-11,15-16H2,1-2H3,(H,25,31). The molecule has 0 unspecified atom stereocenters. The predicted octanol–water partition coefficient (Wildman–Crippen LogP) is 2.58. The van der Waals surface area contributed by atoms with Gasteiger partial charge in [0.25, 0.3) is 0 Å². The highest BCUT2D eigenvalue weighted by Crippen LogP contribution is 2.30. The molecule has 2 fully saturated rings. The Morgan fingerprint density at radius 2 is 1.74 bits per heavy atom. The van der Waals surface area contributed by atoms with Crippen molar-refractivity contribution in [3.8, 4) is 22.9 Å². The van der Waals surface area contributed by atoms with E-state index in [4.69, 9.17) is 9.47 Å². The lowest BCUT2D eigenvalue weighted by Crippen LogP contribution is -2.49. The molecule has 2 saturated carbocycles. The summed E-state index contributed by atoms with van der Waals surface area (Å²) in [6.07, 6.45) is 9.50. The minimum absolute atomic E-state index is 0.0620. The Hall–Kier alpha value is -3.17. The Kier molecular flexibility index (Phi) is 7.97. The third-order valence-corrected chi connectivity index (χ3v) is 6.74. The number of hydrogen-bond acceptors (Lipinski definition) is 7. The zero-order chi connectivity index (χ0) is 23.9. The lowest BCUT2D eigenvalue weighted by atomic mass is 9.94.